The fourth-order valence-electron chi connectivity index (χ4n) is 2.00. The van der Waals surface area contributed by atoms with Crippen molar-refractivity contribution in [3.8, 4) is 11.5 Å². The van der Waals surface area contributed by atoms with Crippen molar-refractivity contribution in [2.24, 2.45) is 0 Å². The van der Waals surface area contributed by atoms with Crippen molar-refractivity contribution in [2.75, 3.05) is 20.5 Å². The summed E-state index contributed by atoms with van der Waals surface area (Å²) < 4.78 is 15.8. The number of benzene rings is 1. The maximum Gasteiger partial charge on any atom is 0.231 e. The minimum Gasteiger partial charge on any atom is -0.454 e. The zero-order chi connectivity index (χ0) is 12.3. The zero-order valence-corrected chi connectivity index (χ0v) is 10.5. The first-order chi connectivity index (χ1) is 8.20. The quantitative estimate of drug-likeness (QED) is 0.851. The normalized spacial score (nSPS) is 16.9. The third kappa shape index (κ3) is 2.90. The van der Waals surface area contributed by atoms with Crippen LogP contribution in [0.5, 0.6) is 11.5 Å². The molecular weight excluding hydrogens is 218 g/mol. The van der Waals surface area contributed by atoms with Crippen molar-refractivity contribution in [2.45, 2.75) is 25.9 Å². The van der Waals surface area contributed by atoms with Gasteiger partial charge in [-0.3, -0.25) is 0 Å². The lowest BCUT2D eigenvalue weighted by Crippen LogP contribution is -2.32. The topological polar surface area (TPSA) is 39.7 Å². The number of ether oxygens (including phenoxy) is 3. The maximum absolute atomic E-state index is 5.37. The smallest absolute Gasteiger partial charge is 0.231 e. The third-order valence-corrected chi connectivity index (χ3v) is 2.85. The first kappa shape index (κ1) is 12.2. The van der Waals surface area contributed by atoms with Crippen LogP contribution in [0.3, 0.4) is 0 Å². The van der Waals surface area contributed by atoms with E-state index < -0.39 is 0 Å². The van der Waals surface area contributed by atoms with Crippen LogP contribution in [0.2, 0.25) is 0 Å². The number of rotatable bonds is 5. The monoisotopic (exact) mass is 237 g/mol. The van der Waals surface area contributed by atoms with Gasteiger partial charge in [-0.25, -0.2) is 0 Å². The Morgan fingerprint density at radius 3 is 2.82 bits per heavy atom. The molecule has 1 aliphatic heterocycles. The Hall–Kier alpha value is -1.26. The van der Waals surface area contributed by atoms with E-state index >= 15 is 0 Å². The summed E-state index contributed by atoms with van der Waals surface area (Å²) in [6.45, 7) is 5.26. The van der Waals surface area contributed by atoms with Crippen molar-refractivity contribution in [1.29, 1.82) is 0 Å². The molecule has 0 saturated heterocycles. The second-order valence-corrected chi connectivity index (χ2v) is 4.36. The molecule has 4 heteroatoms. The molecule has 0 aromatic heterocycles. The second-order valence-electron chi connectivity index (χ2n) is 4.36. The van der Waals surface area contributed by atoms with E-state index in [4.69, 9.17) is 14.2 Å². The van der Waals surface area contributed by atoms with E-state index in [0.29, 0.717) is 19.4 Å². The van der Waals surface area contributed by atoms with Crippen molar-refractivity contribution >= 4 is 0 Å². The number of hydrogen-bond donors (Lipinski definition) is 1. The van der Waals surface area contributed by atoms with Gasteiger partial charge in [-0.05, 0) is 31.5 Å². The molecular formula is C13H19NO3. The largest absolute Gasteiger partial charge is 0.454 e. The van der Waals surface area contributed by atoms with E-state index in [0.717, 1.165) is 11.5 Å². The number of fused-ring (bicyclic) bond motifs is 1. The molecule has 0 spiro atoms. The summed E-state index contributed by atoms with van der Waals surface area (Å²) in [5.41, 5.74) is 1.19. The van der Waals surface area contributed by atoms with E-state index in [1.807, 2.05) is 12.1 Å². The lowest BCUT2D eigenvalue weighted by Gasteiger charge is -2.19. The fraction of sp³-hybridized carbons (Fsp3) is 0.538. The number of methoxy groups -OCH3 is 1. The molecule has 1 aliphatic rings. The van der Waals surface area contributed by atoms with Gasteiger partial charge in [0.25, 0.3) is 0 Å². The Bertz CT molecular complexity index is 381. The average molecular weight is 237 g/mol. The van der Waals surface area contributed by atoms with Crippen molar-refractivity contribution in [3.05, 3.63) is 23.8 Å². The molecule has 0 amide bonds. The first-order valence-electron chi connectivity index (χ1n) is 5.85. The van der Waals surface area contributed by atoms with Crippen molar-refractivity contribution in [1.82, 2.24) is 5.32 Å². The first-order valence-corrected chi connectivity index (χ1v) is 5.85. The molecule has 2 rings (SSSR count). The summed E-state index contributed by atoms with van der Waals surface area (Å²) >= 11 is 0. The molecule has 0 bridgehead atoms. The lowest BCUT2D eigenvalue weighted by molar-refractivity contribution is 0.167. The van der Waals surface area contributed by atoms with Crippen LogP contribution in [0.15, 0.2) is 18.2 Å². The highest BCUT2D eigenvalue weighted by molar-refractivity contribution is 5.45. The van der Waals surface area contributed by atoms with Gasteiger partial charge in [0.15, 0.2) is 11.5 Å². The summed E-state index contributed by atoms with van der Waals surface area (Å²) in [4.78, 5) is 0. The molecule has 1 N–H and O–H groups in total. The zero-order valence-electron chi connectivity index (χ0n) is 10.5. The number of hydrogen-bond acceptors (Lipinski definition) is 4. The van der Waals surface area contributed by atoms with Gasteiger partial charge >= 0.3 is 0 Å². The molecule has 0 radical (unpaired) electrons. The van der Waals surface area contributed by atoms with Gasteiger partial charge in [0, 0.05) is 19.2 Å². The molecule has 94 valence electrons. The van der Waals surface area contributed by atoms with E-state index in [9.17, 15) is 0 Å². The summed E-state index contributed by atoms with van der Waals surface area (Å²) in [6.07, 6.45) is 0. The van der Waals surface area contributed by atoms with E-state index in [2.05, 4.69) is 25.2 Å². The molecule has 0 saturated carbocycles. The molecule has 0 aliphatic carbocycles. The molecule has 17 heavy (non-hydrogen) atoms. The van der Waals surface area contributed by atoms with Crippen molar-refractivity contribution < 1.29 is 14.2 Å². The summed E-state index contributed by atoms with van der Waals surface area (Å²) in [6, 6.07) is 6.62. The van der Waals surface area contributed by atoms with Crippen LogP contribution in [0, 0.1) is 0 Å². The molecule has 1 heterocycles. The standard InChI is InChI=1S/C13H19NO3/c1-9(7-15-3)14-10(2)11-4-5-12-13(6-11)17-8-16-12/h4-6,9-10,14H,7-8H2,1-3H3. The van der Waals surface area contributed by atoms with E-state index in [1.165, 1.54) is 5.56 Å². The van der Waals surface area contributed by atoms with Gasteiger partial charge < -0.3 is 19.5 Å². The minimum absolute atomic E-state index is 0.259. The van der Waals surface area contributed by atoms with E-state index in [-0.39, 0.29) is 6.04 Å². The summed E-state index contributed by atoms with van der Waals surface area (Å²) in [5.74, 6) is 1.65. The van der Waals surface area contributed by atoms with Crippen LogP contribution in [-0.2, 0) is 4.74 Å². The summed E-state index contributed by atoms with van der Waals surface area (Å²) in [7, 11) is 1.71. The molecule has 1 aromatic rings. The van der Waals surface area contributed by atoms with Gasteiger partial charge in [-0.15, -0.1) is 0 Å². The predicted octanol–water partition coefficient (Wildman–Crippen LogP) is 2.10. The highest BCUT2D eigenvalue weighted by Crippen LogP contribution is 2.34. The molecule has 0 fully saturated rings. The van der Waals surface area contributed by atoms with Crippen LogP contribution in [0.25, 0.3) is 0 Å². The van der Waals surface area contributed by atoms with Gasteiger partial charge in [0.2, 0.25) is 6.79 Å². The van der Waals surface area contributed by atoms with Crippen LogP contribution >= 0.6 is 0 Å². The van der Waals surface area contributed by atoms with Crippen LogP contribution in [0.1, 0.15) is 25.5 Å². The predicted molar refractivity (Wildman–Crippen MR) is 65.5 cm³/mol. The Morgan fingerprint density at radius 1 is 1.29 bits per heavy atom. The fourth-order valence-corrected chi connectivity index (χ4v) is 2.00. The second kappa shape index (κ2) is 5.38. The molecule has 2 atom stereocenters. The van der Waals surface area contributed by atoms with Gasteiger partial charge in [-0.1, -0.05) is 6.07 Å². The summed E-state index contributed by atoms with van der Waals surface area (Å²) in [5, 5.41) is 3.47. The van der Waals surface area contributed by atoms with Gasteiger partial charge in [-0.2, -0.15) is 0 Å². The van der Waals surface area contributed by atoms with Crippen LogP contribution in [0.4, 0.5) is 0 Å². The van der Waals surface area contributed by atoms with Gasteiger partial charge in [0.05, 0.1) is 6.61 Å². The van der Waals surface area contributed by atoms with Crippen LogP contribution in [-0.4, -0.2) is 26.6 Å². The Kier molecular flexibility index (Phi) is 3.86. The maximum atomic E-state index is 5.37. The highest BCUT2D eigenvalue weighted by Gasteiger charge is 2.16. The number of nitrogens with one attached hydrogen (secondary N) is 1. The Morgan fingerprint density at radius 2 is 2.06 bits per heavy atom. The Balaban J connectivity index is 2.01. The highest BCUT2D eigenvalue weighted by atomic mass is 16.7. The van der Waals surface area contributed by atoms with Crippen molar-refractivity contribution in [3.63, 3.8) is 0 Å². The molecule has 4 nitrogen and oxygen atoms in total. The SMILES string of the molecule is COCC(C)NC(C)c1ccc2c(c1)OCO2. The average Bonchev–Trinajstić information content (AvgIpc) is 2.75. The van der Waals surface area contributed by atoms with Gasteiger partial charge in [0.1, 0.15) is 0 Å². The van der Waals surface area contributed by atoms with E-state index in [1.54, 1.807) is 7.11 Å². The lowest BCUT2D eigenvalue weighted by atomic mass is 10.1. The minimum atomic E-state index is 0.259. The Labute approximate surface area is 102 Å². The third-order valence-electron chi connectivity index (χ3n) is 2.85. The molecule has 2 unspecified atom stereocenters. The molecule has 1 aromatic carbocycles. The van der Waals surface area contributed by atoms with Crippen LogP contribution < -0.4 is 14.8 Å².